The molecule has 0 amide bonds. The lowest BCUT2D eigenvalue weighted by Crippen LogP contribution is -2.31. The molecule has 3 N–H and O–H groups in total. The van der Waals surface area contributed by atoms with Crippen LogP contribution in [0.3, 0.4) is 0 Å². The number of hydrogen-bond donors (Lipinski definition) is 3. The molecule has 19 heavy (non-hydrogen) atoms. The predicted octanol–water partition coefficient (Wildman–Crippen LogP) is 1.79. The van der Waals surface area contributed by atoms with Crippen LogP contribution in [0.25, 0.3) is 0 Å². The average Bonchev–Trinajstić information content (AvgIpc) is 2.43. The number of aromatic nitrogens is 2. The minimum absolute atomic E-state index is 0.712. The van der Waals surface area contributed by atoms with E-state index in [2.05, 4.69) is 32.5 Å². The quantitative estimate of drug-likeness (QED) is 0.682. The van der Waals surface area contributed by atoms with E-state index in [0.717, 1.165) is 43.0 Å². The fourth-order valence-corrected chi connectivity index (χ4v) is 2.26. The van der Waals surface area contributed by atoms with Gasteiger partial charge in [0.05, 0.1) is 0 Å². The number of aryl methyl sites for hydroxylation is 1. The summed E-state index contributed by atoms with van der Waals surface area (Å²) < 4.78 is 0. The molecule has 0 spiro atoms. The van der Waals surface area contributed by atoms with Crippen molar-refractivity contribution < 1.29 is 0 Å². The Bertz CT molecular complexity index is 412. The molecule has 0 saturated carbocycles. The van der Waals surface area contributed by atoms with Crippen LogP contribution >= 0.6 is 0 Å². The third-order valence-corrected chi connectivity index (χ3v) is 3.30. The van der Waals surface area contributed by atoms with Crippen LogP contribution in [0.1, 0.15) is 18.7 Å². The van der Waals surface area contributed by atoms with E-state index in [1.807, 2.05) is 19.1 Å². The number of nitrogens with zero attached hydrogens (tertiary/aromatic N) is 2. The first kappa shape index (κ1) is 13.8. The van der Waals surface area contributed by atoms with E-state index in [-0.39, 0.29) is 0 Å². The summed E-state index contributed by atoms with van der Waals surface area (Å²) in [4.78, 5) is 8.77. The van der Waals surface area contributed by atoms with Crippen molar-refractivity contribution in [3.05, 3.63) is 24.5 Å². The fourth-order valence-electron chi connectivity index (χ4n) is 2.26. The Hall–Kier alpha value is -1.62. The van der Waals surface area contributed by atoms with Gasteiger partial charge >= 0.3 is 0 Å². The van der Waals surface area contributed by atoms with Crippen molar-refractivity contribution in [2.24, 2.45) is 5.92 Å². The molecule has 0 unspecified atom stereocenters. The van der Waals surface area contributed by atoms with Gasteiger partial charge in [0.25, 0.3) is 0 Å². The molecule has 5 nitrogen and oxygen atoms in total. The molecule has 1 aromatic rings. The van der Waals surface area contributed by atoms with Crippen molar-refractivity contribution in [2.45, 2.75) is 19.8 Å². The Kier molecular flexibility index (Phi) is 5.15. The van der Waals surface area contributed by atoms with Gasteiger partial charge in [0.2, 0.25) is 0 Å². The molecule has 0 atom stereocenters. The lowest BCUT2D eigenvalue weighted by molar-refractivity contribution is 0.389. The lowest BCUT2D eigenvalue weighted by atomic mass is 9.98. The molecule has 1 saturated heterocycles. The molecule has 1 aromatic heterocycles. The first-order valence-corrected chi connectivity index (χ1v) is 6.93. The standard InChI is InChI=1S/C14H23N5/c1-3-6-16-13-9-14(19-11(2)18-13)17-10-12-4-7-15-8-5-12/h3,9,12,15H,1,4-8,10H2,2H3,(H2,16,17,18,19). The summed E-state index contributed by atoms with van der Waals surface area (Å²) in [5.74, 6) is 3.26. The van der Waals surface area contributed by atoms with E-state index in [0.29, 0.717) is 6.54 Å². The molecule has 2 rings (SSSR count). The van der Waals surface area contributed by atoms with E-state index >= 15 is 0 Å². The van der Waals surface area contributed by atoms with E-state index in [9.17, 15) is 0 Å². The number of anilines is 2. The Morgan fingerprint density at radius 2 is 2.00 bits per heavy atom. The summed E-state index contributed by atoms with van der Waals surface area (Å²) >= 11 is 0. The van der Waals surface area contributed by atoms with Crippen molar-refractivity contribution in [1.29, 1.82) is 0 Å². The van der Waals surface area contributed by atoms with E-state index in [4.69, 9.17) is 0 Å². The minimum Gasteiger partial charge on any atom is -0.370 e. The lowest BCUT2D eigenvalue weighted by Gasteiger charge is -2.23. The van der Waals surface area contributed by atoms with Gasteiger partial charge in [0.1, 0.15) is 17.5 Å². The molecular formula is C14H23N5. The van der Waals surface area contributed by atoms with E-state index in [1.54, 1.807) is 0 Å². The summed E-state index contributed by atoms with van der Waals surface area (Å²) in [7, 11) is 0. The highest BCUT2D eigenvalue weighted by atomic mass is 15.1. The third kappa shape index (κ3) is 4.52. The number of piperidine rings is 1. The highest BCUT2D eigenvalue weighted by Crippen LogP contribution is 2.15. The van der Waals surface area contributed by atoms with Gasteiger partial charge in [-0.05, 0) is 38.8 Å². The smallest absolute Gasteiger partial charge is 0.132 e. The number of rotatable bonds is 6. The van der Waals surface area contributed by atoms with Crippen LogP contribution in [0.15, 0.2) is 18.7 Å². The molecular weight excluding hydrogens is 238 g/mol. The monoisotopic (exact) mass is 261 g/mol. The zero-order valence-electron chi connectivity index (χ0n) is 11.6. The van der Waals surface area contributed by atoms with Gasteiger partial charge in [0, 0.05) is 19.2 Å². The molecule has 0 aromatic carbocycles. The summed E-state index contributed by atoms with van der Waals surface area (Å²) in [5.41, 5.74) is 0. The van der Waals surface area contributed by atoms with Gasteiger partial charge < -0.3 is 16.0 Å². The van der Waals surface area contributed by atoms with Crippen LogP contribution < -0.4 is 16.0 Å². The Morgan fingerprint density at radius 1 is 1.32 bits per heavy atom. The largest absolute Gasteiger partial charge is 0.370 e. The van der Waals surface area contributed by atoms with Crippen LogP contribution in [-0.4, -0.2) is 36.1 Å². The maximum absolute atomic E-state index is 4.42. The fraction of sp³-hybridized carbons (Fsp3) is 0.571. The molecule has 0 aliphatic carbocycles. The maximum Gasteiger partial charge on any atom is 0.132 e. The summed E-state index contributed by atoms with van der Waals surface area (Å²) in [6.45, 7) is 9.55. The molecule has 1 aliphatic heterocycles. The van der Waals surface area contributed by atoms with Gasteiger partial charge in [-0.2, -0.15) is 0 Å². The van der Waals surface area contributed by atoms with Crippen molar-refractivity contribution >= 4 is 11.6 Å². The number of nitrogens with one attached hydrogen (secondary N) is 3. The molecule has 0 bridgehead atoms. The topological polar surface area (TPSA) is 61.9 Å². The Morgan fingerprint density at radius 3 is 2.68 bits per heavy atom. The predicted molar refractivity (Wildman–Crippen MR) is 79.5 cm³/mol. The molecule has 5 heteroatoms. The molecule has 2 heterocycles. The van der Waals surface area contributed by atoms with Crippen molar-refractivity contribution in [1.82, 2.24) is 15.3 Å². The van der Waals surface area contributed by atoms with Crippen LogP contribution in [0.2, 0.25) is 0 Å². The third-order valence-electron chi connectivity index (χ3n) is 3.30. The van der Waals surface area contributed by atoms with Crippen molar-refractivity contribution in [3.8, 4) is 0 Å². The summed E-state index contributed by atoms with van der Waals surface area (Å²) in [6, 6.07) is 1.96. The molecule has 0 radical (unpaired) electrons. The first-order valence-electron chi connectivity index (χ1n) is 6.93. The van der Waals surface area contributed by atoms with Crippen molar-refractivity contribution in [2.75, 3.05) is 36.8 Å². The van der Waals surface area contributed by atoms with Gasteiger partial charge in [0.15, 0.2) is 0 Å². The van der Waals surface area contributed by atoms with Crippen LogP contribution in [0.5, 0.6) is 0 Å². The highest BCUT2D eigenvalue weighted by molar-refractivity contribution is 5.47. The van der Waals surface area contributed by atoms with E-state index < -0.39 is 0 Å². The molecule has 1 aliphatic rings. The number of hydrogen-bond acceptors (Lipinski definition) is 5. The minimum atomic E-state index is 0.712. The zero-order chi connectivity index (χ0) is 13.5. The normalized spacial score (nSPS) is 16.1. The van der Waals surface area contributed by atoms with E-state index in [1.165, 1.54) is 12.8 Å². The summed E-state index contributed by atoms with van der Waals surface area (Å²) in [5, 5.41) is 10.0. The van der Waals surface area contributed by atoms with Crippen LogP contribution in [0, 0.1) is 12.8 Å². The second-order valence-electron chi connectivity index (χ2n) is 4.93. The average molecular weight is 261 g/mol. The van der Waals surface area contributed by atoms with Gasteiger partial charge in [-0.15, -0.1) is 6.58 Å². The zero-order valence-corrected chi connectivity index (χ0v) is 11.6. The molecule has 1 fully saturated rings. The van der Waals surface area contributed by atoms with Gasteiger partial charge in [-0.1, -0.05) is 6.08 Å². The highest BCUT2D eigenvalue weighted by Gasteiger charge is 2.12. The maximum atomic E-state index is 4.42. The molecule has 104 valence electrons. The Balaban J connectivity index is 1.91. The Labute approximate surface area is 114 Å². The summed E-state index contributed by atoms with van der Waals surface area (Å²) in [6.07, 6.45) is 4.29. The van der Waals surface area contributed by atoms with Gasteiger partial charge in [-0.25, -0.2) is 9.97 Å². The van der Waals surface area contributed by atoms with Gasteiger partial charge in [-0.3, -0.25) is 0 Å². The SMILES string of the molecule is C=CCNc1cc(NCC2CCNCC2)nc(C)n1. The van der Waals surface area contributed by atoms with Crippen molar-refractivity contribution in [3.63, 3.8) is 0 Å². The second kappa shape index (κ2) is 7.09. The second-order valence-corrected chi connectivity index (χ2v) is 4.93. The first-order chi connectivity index (χ1) is 9.28. The van der Waals surface area contributed by atoms with Crippen LogP contribution in [0.4, 0.5) is 11.6 Å². The van der Waals surface area contributed by atoms with Crippen LogP contribution in [-0.2, 0) is 0 Å².